The number of thioether (sulfide) groups is 1. The Labute approximate surface area is 119 Å². The molecule has 2 rings (SSSR count). The van der Waals surface area contributed by atoms with E-state index in [4.69, 9.17) is 0 Å². The molecule has 2 unspecified atom stereocenters. The molecule has 0 saturated heterocycles. The highest BCUT2D eigenvalue weighted by Gasteiger charge is 2.32. The Balaban J connectivity index is 2.24. The topological polar surface area (TPSA) is 104 Å². The first-order valence-corrected chi connectivity index (χ1v) is 6.88. The summed E-state index contributed by atoms with van der Waals surface area (Å²) in [5, 5.41) is 22.2. The van der Waals surface area contributed by atoms with E-state index < -0.39 is 23.9 Å². The zero-order chi connectivity index (χ0) is 14.9. The van der Waals surface area contributed by atoms with Crippen LogP contribution in [0, 0.1) is 0 Å². The number of Topliss-reactive ketones (excluding diaryl/α,β-unsaturated/α-hetero) is 1. The van der Waals surface area contributed by atoms with Gasteiger partial charge in [-0.15, -0.1) is 0 Å². The number of nitrogens with one attached hydrogen (secondary N) is 1. The fourth-order valence-corrected chi connectivity index (χ4v) is 2.53. The summed E-state index contributed by atoms with van der Waals surface area (Å²) in [6.45, 7) is 1.36. The summed E-state index contributed by atoms with van der Waals surface area (Å²) in [4.78, 5) is 33.7. The number of fused-ring (bicyclic) bond motifs is 1. The van der Waals surface area contributed by atoms with Crippen LogP contribution in [0.5, 0.6) is 0 Å². The predicted octanol–water partition coefficient (Wildman–Crippen LogP) is 0.495. The lowest BCUT2D eigenvalue weighted by Gasteiger charge is -2.19. The van der Waals surface area contributed by atoms with Crippen LogP contribution in [0.2, 0.25) is 0 Å². The van der Waals surface area contributed by atoms with Crippen molar-refractivity contribution in [1.82, 2.24) is 0 Å². The average Bonchev–Trinajstić information content (AvgIpc) is 2.71. The van der Waals surface area contributed by atoms with Gasteiger partial charge in [0.2, 0.25) is 0 Å². The van der Waals surface area contributed by atoms with E-state index in [0.717, 1.165) is 11.8 Å². The van der Waals surface area contributed by atoms with Crippen LogP contribution in [-0.4, -0.2) is 38.9 Å². The highest BCUT2D eigenvalue weighted by molar-refractivity contribution is 8.13. The van der Waals surface area contributed by atoms with E-state index >= 15 is 0 Å². The number of carbonyl (C=O) groups is 3. The summed E-state index contributed by atoms with van der Waals surface area (Å²) in [6.07, 6.45) is -2.47. The van der Waals surface area contributed by atoms with Crippen LogP contribution < -0.4 is 5.32 Å². The van der Waals surface area contributed by atoms with Crippen molar-refractivity contribution in [1.29, 1.82) is 0 Å². The lowest BCUT2D eigenvalue weighted by molar-refractivity contribution is -0.112. The highest BCUT2D eigenvalue weighted by atomic mass is 32.2. The summed E-state index contributed by atoms with van der Waals surface area (Å²) in [5.74, 6) is -1.39. The predicted molar refractivity (Wildman–Crippen MR) is 73.5 cm³/mol. The first kappa shape index (κ1) is 14.7. The molecule has 0 spiro atoms. The van der Waals surface area contributed by atoms with Gasteiger partial charge in [-0.2, -0.15) is 0 Å². The molecule has 1 aliphatic rings. The number of anilines is 1. The number of hydrogen-bond acceptors (Lipinski definition) is 6. The van der Waals surface area contributed by atoms with Gasteiger partial charge in [0.1, 0.15) is 6.10 Å². The molecule has 0 bridgehead atoms. The molecule has 0 radical (unpaired) electrons. The van der Waals surface area contributed by atoms with Gasteiger partial charge in [0.25, 0.3) is 11.7 Å². The van der Waals surface area contributed by atoms with Crippen LogP contribution in [0.15, 0.2) is 18.2 Å². The van der Waals surface area contributed by atoms with Gasteiger partial charge in [-0.3, -0.25) is 14.4 Å². The smallest absolute Gasteiger partial charge is 0.296 e. The number of aliphatic hydroxyl groups is 2. The van der Waals surface area contributed by atoms with Crippen LogP contribution >= 0.6 is 11.8 Å². The maximum absolute atomic E-state index is 11.6. The molecule has 1 heterocycles. The van der Waals surface area contributed by atoms with Gasteiger partial charge in [-0.25, -0.2) is 0 Å². The fourth-order valence-electron chi connectivity index (χ4n) is 1.94. The number of para-hydroxylation sites is 1. The zero-order valence-corrected chi connectivity index (χ0v) is 11.4. The second-order valence-electron chi connectivity index (χ2n) is 4.37. The van der Waals surface area contributed by atoms with Crippen molar-refractivity contribution in [2.75, 3.05) is 11.1 Å². The van der Waals surface area contributed by atoms with Gasteiger partial charge >= 0.3 is 0 Å². The van der Waals surface area contributed by atoms with Crippen LogP contribution in [0.4, 0.5) is 5.69 Å². The van der Waals surface area contributed by atoms with Crippen molar-refractivity contribution in [2.24, 2.45) is 0 Å². The van der Waals surface area contributed by atoms with Gasteiger partial charge in [-0.1, -0.05) is 23.9 Å². The Morgan fingerprint density at radius 3 is 2.70 bits per heavy atom. The number of amides is 1. The molecular weight excluding hydrogens is 282 g/mol. The molecule has 7 heteroatoms. The van der Waals surface area contributed by atoms with Crippen molar-refractivity contribution < 1.29 is 24.6 Å². The first-order chi connectivity index (χ1) is 9.41. The fraction of sp³-hybridized carbons (Fsp3) is 0.308. The van der Waals surface area contributed by atoms with Gasteiger partial charge in [-0.05, 0) is 6.07 Å². The van der Waals surface area contributed by atoms with Crippen molar-refractivity contribution >= 4 is 34.3 Å². The normalized spacial score (nSPS) is 16.6. The number of ketones is 1. The lowest BCUT2D eigenvalue weighted by Crippen LogP contribution is -2.22. The third-order valence-electron chi connectivity index (χ3n) is 2.93. The van der Waals surface area contributed by atoms with Crippen molar-refractivity contribution in [3.8, 4) is 0 Å². The third-order valence-corrected chi connectivity index (χ3v) is 3.84. The SMILES string of the molecule is CC(=O)SCC(O)C(O)c1cccc2c1NC(=O)C2=O. The van der Waals surface area contributed by atoms with Crippen LogP contribution in [-0.2, 0) is 9.59 Å². The van der Waals surface area contributed by atoms with Gasteiger partial charge < -0.3 is 15.5 Å². The summed E-state index contributed by atoms with van der Waals surface area (Å²) in [5.41, 5.74) is 0.665. The minimum absolute atomic E-state index is 0.0298. The maximum atomic E-state index is 11.6. The third kappa shape index (κ3) is 2.74. The molecule has 0 aromatic heterocycles. The second-order valence-corrected chi connectivity index (χ2v) is 5.56. The molecule has 3 N–H and O–H groups in total. The van der Waals surface area contributed by atoms with E-state index in [1.54, 1.807) is 0 Å². The van der Waals surface area contributed by atoms with Crippen LogP contribution in [0.25, 0.3) is 0 Å². The monoisotopic (exact) mass is 295 g/mol. The van der Waals surface area contributed by atoms with Crippen LogP contribution in [0.3, 0.4) is 0 Å². The Kier molecular flexibility index (Phi) is 4.22. The Hall–Kier alpha value is -1.70. The lowest BCUT2D eigenvalue weighted by atomic mass is 10.00. The molecule has 1 aromatic carbocycles. The summed E-state index contributed by atoms with van der Waals surface area (Å²) < 4.78 is 0. The molecule has 6 nitrogen and oxygen atoms in total. The molecule has 1 aromatic rings. The van der Waals surface area contributed by atoms with E-state index in [9.17, 15) is 24.6 Å². The van der Waals surface area contributed by atoms with E-state index in [-0.39, 0.29) is 27.7 Å². The van der Waals surface area contributed by atoms with Crippen molar-refractivity contribution in [3.05, 3.63) is 29.3 Å². The number of benzene rings is 1. The number of aliphatic hydroxyl groups excluding tert-OH is 2. The minimum Gasteiger partial charge on any atom is -0.389 e. The molecule has 1 aliphatic heterocycles. The maximum Gasteiger partial charge on any atom is 0.296 e. The number of carbonyl (C=O) groups excluding carboxylic acids is 3. The molecule has 106 valence electrons. The molecule has 20 heavy (non-hydrogen) atoms. The van der Waals surface area contributed by atoms with Gasteiger partial charge in [0.05, 0.1) is 17.4 Å². The molecule has 1 amide bonds. The van der Waals surface area contributed by atoms with Gasteiger partial charge in [0.15, 0.2) is 5.12 Å². The first-order valence-electron chi connectivity index (χ1n) is 5.90. The summed E-state index contributed by atoms with van der Waals surface area (Å²) >= 11 is 0.894. The quantitative estimate of drug-likeness (QED) is 0.699. The second kappa shape index (κ2) is 5.74. The Morgan fingerprint density at radius 1 is 1.35 bits per heavy atom. The molecule has 2 atom stereocenters. The van der Waals surface area contributed by atoms with E-state index in [0.29, 0.717) is 0 Å². The van der Waals surface area contributed by atoms with E-state index in [2.05, 4.69) is 5.32 Å². The minimum atomic E-state index is -1.29. The number of rotatable bonds is 4. The molecule has 0 saturated carbocycles. The highest BCUT2D eigenvalue weighted by Crippen LogP contribution is 2.33. The molecular formula is C13H13NO5S. The molecule has 0 aliphatic carbocycles. The molecule has 0 fully saturated rings. The standard InChI is InChI=1S/C13H13NO5S/c1-6(15)20-5-9(16)11(17)7-3-2-4-8-10(7)14-13(19)12(8)18/h2-4,9,11,16-17H,5H2,1H3,(H,14,18,19). The zero-order valence-electron chi connectivity index (χ0n) is 10.6. The Bertz CT molecular complexity index is 586. The summed E-state index contributed by atoms with van der Waals surface area (Å²) in [6, 6.07) is 4.52. The summed E-state index contributed by atoms with van der Waals surface area (Å²) in [7, 11) is 0. The van der Waals surface area contributed by atoms with Crippen molar-refractivity contribution in [2.45, 2.75) is 19.1 Å². The van der Waals surface area contributed by atoms with Gasteiger partial charge in [0, 0.05) is 18.2 Å². The largest absolute Gasteiger partial charge is 0.389 e. The Morgan fingerprint density at radius 2 is 2.05 bits per heavy atom. The average molecular weight is 295 g/mol. The van der Waals surface area contributed by atoms with Crippen molar-refractivity contribution in [3.63, 3.8) is 0 Å². The van der Waals surface area contributed by atoms with Crippen LogP contribution in [0.1, 0.15) is 28.9 Å². The van der Waals surface area contributed by atoms with E-state index in [1.165, 1.54) is 25.1 Å². The van der Waals surface area contributed by atoms with E-state index in [1.807, 2.05) is 0 Å². The number of hydrogen-bond donors (Lipinski definition) is 3.